The third kappa shape index (κ3) is 4.63. The van der Waals surface area contributed by atoms with Gasteiger partial charge >= 0.3 is 0 Å². The summed E-state index contributed by atoms with van der Waals surface area (Å²) in [6.45, 7) is 11.0. The summed E-state index contributed by atoms with van der Waals surface area (Å²) in [5.74, 6) is 0.686. The van der Waals surface area contributed by atoms with E-state index in [1.165, 1.54) is 0 Å². The van der Waals surface area contributed by atoms with Gasteiger partial charge in [0.1, 0.15) is 11.4 Å². The first-order valence-corrected chi connectivity index (χ1v) is 6.30. The first-order valence-electron chi connectivity index (χ1n) is 6.30. The Labute approximate surface area is 109 Å². The maximum Gasteiger partial charge on any atom is 0.137 e. The molecular formula is C14H24N2O2. The Bertz CT molecular complexity index is 384. The lowest BCUT2D eigenvalue weighted by Crippen LogP contribution is -2.44. The summed E-state index contributed by atoms with van der Waals surface area (Å²) in [5, 5.41) is 13.8. The van der Waals surface area contributed by atoms with Crippen LogP contribution < -0.4 is 10.1 Å². The predicted molar refractivity (Wildman–Crippen MR) is 72.7 cm³/mol. The number of aliphatic hydroxyl groups is 1. The molecule has 0 bridgehead atoms. The van der Waals surface area contributed by atoms with Crippen molar-refractivity contribution in [3.8, 4) is 5.75 Å². The van der Waals surface area contributed by atoms with Crippen LogP contribution in [0.2, 0.25) is 0 Å². The Morgan fingerprint density at radius 3 is 2.50 bits per heavy atom. The quantitative estimate of drug-likeness (QED) is 0.842. The van der Waals surface area contributed by atoms with E-state index in [1.54, 1.807) is 19.3 Å². The van der Waals surface area contributed by atoms with Crippen molar-refractivity contribution < 1.29 is 9.84 Å². The number of hydrogen-bond acceptors (Lipinski definition) is 4. The van der Waals surface area contributed by atoms with Crippen molar-refractivity contribution in [3.05, 3.63) is 24.0 Å². The molecule has 4 nitrogen and oxygen atoms in total. The lowest BCUT2D eigenvalue weighted by atomic mass is 9.96. The zero-order valence-corrected chi connectivity index (χ0v) is 11.9. The fraction of sp³-hybridized carbons (Fsp3) is 0.643. The largest absolute Gasteiger partial charge is 0.492 e. The van der Waals surface area contributed by atoms with Gasteiger partial charge in [-0.15, -0.1) is 0 Å². The molecule has 1 rings (SSSR count). The van der Waals surface area contributed by atoms with E-state index in [0.29, 0.717) is 18.9 Å². The van der Waals surface area contributed by atoms with Crippen LogP contribution in [-0.2, 0) is 5.60 Å². The Balaban J connectivity index is 2.80. The normalized spacial score (nSPS) is 15.2. The van der Waals surface area contributed by atoms with Crippen molar-refractivity contribution in [1.82, 2.24) is 10.3 Å². The highest BCUT2D eigenvalue weighted by atomic mass is 16.5. The summed E-state index contributed by atoms with van der Waals surface area (Å²) in [4.78, 5) is 4.10. The Morgan fingerprint density at radius 2 is 1.94 bits per heavy atom. The molecule has 1 heterocycles. The average Bonchev–Trinajstić information content (AvgIpc) is 2.27. The number of nitrogens with zero attached hydrogens (tertiary/aromatic N) is 1. The van der Waals surface area contributed by atoms with Gasteiger partial charge in [0.05, 0.1) is 12.8 Å². The zero-order valence-electron chi connectivity index (χ0n) is 11.9. The van der Waals surface area contributed by atoms with Gasteiger partial charge in [0, 0.05) is 23.8 Å². The molecule has 1 unspecified atom stereocenters. The molecule has 0 aliphatic heterocycles. The maximum absolute atomic E-state index is 10.5. The molecule has 102 valence electrons. The van der Waals surface area contributed by atoms with Crippen LogP contribution in [0.15, 0.2) is 18.5 Å². The van der Waals surface area contributed by atoms with Crippen molar-refractivity contribution in [2.75, 3.05) is 13.2 Å². The van der Waals surface area contributed by atoms with Crippen LogP contribution in [0.1, 0.15) is 40.2 Å². The van der Waals surface area contributed by atoms with Gasteiger partial charge in [0.25, 0.3) is 0 Å². The molecule has 0 radical (unpaired) electrons. The molecule has 1 aromatic rings. The second-order valence-corrected chi connectivity index (χ2v) is 5.72. The molecular weight excluding hydrogens is 228 g/mol. The summed E-state index contributed by atoms with van der Waals surface area (Å²) in [6, 6.07) is 1.83. The van der Waals surface area contributed by atoms with Gasteiger partial charge < -0.3 is 15.2 Å². The molecule has 0 amide bonds. The highest BCUT2D eigenvalue weighted by Gasteiger charge is 2.25. The molecule has 4 heteroatoms. The molecule has 1 atom stereocenters. The minimum absolute atomic E-state index is 0.0328. The Morgan fingerprint density at radius 1 is 1.28 bits per heavy atom. The van der Waals surface area contributed by atoms with E-state index in [1.807, 2.05) is 13.0 Å². The summed E-state index contributed by atoms with van der Waals surface area (Å²) < 4.78 is 5.39. The zero-order chi connectivity index (χ0) is 13.8. The molecule has 0 aromatic carbocycles. The number of ether oxygens (including phenoxy) is 1. The summed E-state index contributed by atoms with van der Waals surface area (Å²) >= 11 is 0. The number of hydrogen-bond donors (Lipinski definition) is 2. The van der Waals surface area contributed by atoms with Crippen LogP contribution in [0.25, 0.3) is 0 Å². The van der Waals surface area contributed by atoms with Crippen LogP contribution in [0, 0.1) is 0 Å². The van der Waals surface area contributed by atoms with Crippen molar-refractivity contribution >= 4 is 0 Å². The van der Waals surface area contributed by atoms with Crippen molar-refractivity contribution in [1.29, 1.82) is 0 Å². The molecule has 0 saturated heterocycles. The van der Waals surface area contributed by atoms with Gasteiger partial charge in [-0.05, 0) is 40.7 Å². The molecule has 0 aliphatic rings. The number of rotatable bonds is 5. The Kier molecular flexibility index (Phi) is 4.71. The lowest BCUT2D eigenvalue weighted by Gasteiger charge is -2.29. The fourth-order valence-electron chi connectivity index (χ4n) is 1.50. The fourth-order valence-corrected chi connectivity index (χ4v) is 1.50. The Hall–Kier alpha value is -1.13. The second-order valence-electron chi connectivity index (χ2n) is 5.72. The standard InChI is InChI=1S/C14H24N2O2/c1-6-18-12-7-11(8-15-9-12)14(5,17)10-16-13(2,3)4/h7-9,16-17H,6,10H2,1-5H3. The van der Waals surface area contributed by atoms with Gasteiger partial charge in [-0.2, -0.15) is 0 Å². The summed E-state index contributed by atoms with van der Waals surface area (Å²) in [6.07, 6.45) is 3.33. The summed E-state index contributed by atoms with van der Waals surface area (Å²) in [5.41, 5.74) is -0.243. The van der Waals surface area contributed by atoms with Crippen molar-refractivity contribution in [2.24, 2.45) is 0 Å². The molecule has 2 N–H and O–H groups in total. The maximum atomic E-state index is 10.5. The van der Waals surface area contributed by atoms with Gasteiger partial charge in [-0.25, -0.2) is 0 Å². The SMILES string of the molecule is CCOc1cncc(C(C)(O)CNC(C)(C)C)c1. The summed E-state index contributed by atoms with van der Waals surface area (Å²) in [7, 11) is 0. The molecule has 0 saturated carbocycles. The van der Waals surface area contributed by atoms with E-state index in [-0.39, 0.29) is 5.54 Å². The first kappa shape index (κ1) is 14.9. The minimum Gasteiger partial charge on any atom is -0.492 e. The number of pyridine rings is 1. The number of β-amino-alcohol motifs (C(OH)–C–C–N with tert-alkyl or cyclic N) is 1. The smallest absolute Gasteiger partial charge is 0.137 e. The van der Waals surface area contributed by atoms with E-state index in [0.717, 1.165) is 5.56 Å². The van der Waals surface area contributed by atoms with E-state index in [9.17, 15) is 5.11 Å². The van der Waals surface area contributed by atoms with Crippen LogP contribution in [0.5, 0.6) is 5.75 Å². The lowest BCUT2D eigenvalue weighted by molar-refractivity contribution is 0.0495. The van der Waals surface area contributed by atoms with E-state index < -0.39 is 5.60 Å². The highest BCUT2D eigenvalue weighted by Crippen LogP contribution is 2.23. The van der Waals surface area contributed by atoms with Gasteiger partial charge in [0.15, 0.2) is 0 Å². The third-order valence-corrected chi connectivity index (χ3v) is 2.61. The number of nitrogens with one attached hydrogen (secondary N) is 1. The molecule has 0 spiro atoms. The van der Waals surface area contributed by atoms with Crippen LogP contribution in [0.4, 0.5) is 0 Å². The molecule has 1 aromatic heterocycles. The second kappa shape index (κ2) is 5.67. The van der Waals surface area contributed by atoms with Gasteiger partial charge in [-0.1, -0.05) is 0 Å². The third-order valence-electron chi connectivity index (χ3n) is 2.61. The average molecular weight is 252 g/mol. The van der Waals surface area contributed by atoms with E-state index in [4.69, 9.17) is 4.74 Å². The number of aromatic nitrogens is 1. The van der Waals surface area contributed by atoms with Gasteiger partial charge in [0.2, 0.25) is 0 Å². The van der Waals surface area contributed by atoms with Crippen molar-refractivity contribution in [2.45, 2.75) is 45.8 Å². The molecule has 18 heavy (non-hydrogen) atoms. The minimum atomic E-state index is -0.965. The monoisotopic (exact) mass is 252 g/mol. The van der Waals surface area contributed by atoms with Crippen LogP contribution in [0.3, 0.4) is 0 Å². The van der Waals surface area contributed by atoms with Crippen LogP contribution in [-0.4, -0.2) is 28.8 Å². The van der Waals surface area contributed by atoms with E-state index >= 15 is 0 Å². The first-order chi connectivity index (χ1) is 8.24. The molecule has 0 aliphatic carbocycles. The van der Waals surface area contributed by atoms with E-state index in [2.05, 4.69) is 31.1 Å². The molecule has 0 fully saturated rings. The predicted octanol–water partition coefficient (Wildman–Crippen LogP) is 2.08. The van der Waals surface area contributed by atoms with Gasteiger partial charge in [-0.3, -0.25) is 4.98 Å². The topological polar surface area (TPSA) is 54.4 Å². The highest BCUT2D eigenvalue weighted by molar-refractivity contribution is 5.28. The van der Waals surface area contributed by atoms with Crippen molar-refractivity contribution in [3.63, 3.8) is 0 Å². The van der Waals surface area contributed by atoms with Crippen LogP contribution >= 0.6 is 0 Å².